The zero-order chi connectivity index (χ0) is 23.4. The molecule has 174 valence electrons. The third-order valence-corrected chi connectivity index (χ3v) is 7.50. The highest BCUT2D eigenvalue weighted by molar-refractivity contribution is 6.39. The highest BCUT2D eigenvalue weighted by Crippen LogP contribution is 2.47. The zero-order valence-electron chi connectivity index (χ0n) is 18.2. The predicted molar refractivity (Wildman–Crippen MR) is 129 cm³/mol. The molecule has 1 N–H and O–H groups in total. The van der Waals surface area contributed by atoms with E-state index in [4.69, 9.17) is 37.6 Å². The summed E-state index contributed by atoms with van der Waals surface area (Å²) >= 11 is 12.9. The molecule has 1 aliphatic heterocycles. The van der Waals surface area contributed by atoms with Gasteiger partial charge in [-0.15, -0.1) is 0 Å². The summed E-state index contributed by atoms with van der Waals surface area (Å²) in [5.41, 5.74) is 4.79. The molecule has 1 unspecified atom stereocenters. The first-order valence-corrected chi connectivity index (χ1v) is 12.1. The quantitative estimate of drug-likeness (QED) is 0.400. The van der Waals surface area contributed by atoms with Gasteiger partial charge in [0, 0.05) is 47.3 Å². The minimum absolute atomic E-state index is 0.0704. The number of rotatable bonds is 7. The third-order valence-electron chi connectivity index (χ3n) is 6.87. The Balaban J connectivity index is 1.18. The average Bonchev–Trinajstić information content (AvgIpc) is 3.28. The normalized spacial score (nSPS) is 21.2. The van der Waals surface area contributed by atoms with Crippen LogP contribution in [0.4, 0.5) is 5.69 Å². The van der Waals surface area contributed by atoms with E-state index in [0.29, 0.717) is 33.8 Å². The predicted octanol–water partition coefficient (Wildman–Crippen LogP) is 6.53. The van der Waals surface area contributed by atoms with Crippen molar-refractivity contribution in [3.63, 3.8) is 0 Å². The van der Waals surface area contributed by atoms with Gasteiger partial charge in [-0.3, -0.25) is 0 Å². The molecule has 2 bridgehead atoms. The number of piperidine rings is 1. The Morgan fingerprint density at radius 3 is 2.50 bits per heavy atom. The molecule has 3 aliphatic rings. The summed E-state index contributed by atoms with van der Waals surface area (Å²) in [5.74, 6) is 0.613. The van der Waals surface area contributed by atoms with Crippen molar-refractivity contribution in [2.45, 2.75) is 37.9 Å². The second-order valence-electron chi connectivity index (χ2n) is 9.08. The molecule has 1 saturated carbocycles. The maximum absolute atomic E-state index is 11.1. The average molecular weight is 497 g/mol. The summed E-state index contributed by atoms with van der Waals surface area (Å²) in [4.78, 5) is 13.4. The Kier molecular flexibility index (Phi) is 5.40. The molecule has 2 atom stereocenters. The molecule has 0 amide bonds. The third kappa shape index (κ3) is 3.80. The van der Waals surface area contributed by atoms with E-state index >= 15 is 0 Å². The van der Waals surface area contributed by atoms with Crippen molar-refractivity contribution in [3.05, 3.63) is 81.2 Å². The summed E-state index contributed by atoms with van der Waals surface area (Å²) in [6.45, 7) is 1.20. The fraction of sp³-hybridized carbons (Fsp3) is 0.308. The number of aromatic nitrogens is 1. The number of nitrogens with zero attached hydrogens (tertiary/aromatic N) is 2. The van der Waals surface area contributed by atoms with Gasteiger partial charge in [0.25, 0.3) is 0 Å². The molecule has 2 heterocycles. The van der Waals surface area contributed by atoms with E-state index in [9.17, 15) is 4.79 Å². The molecule has 2 aliphatic carbocycles. The van der Waals surface area contributed by atoms with Crippen LogP contribution in [0.5, 0.6) is 0 Å². The number of aromatic carboxylic acids is 1. The minimum Gasteiger partial charge on any atom is -0.478 e. The smallest absolute Gasteiger partial charge is 0.335 e. The zero-order valence-corrected chi connectivity index (χ0v) is 19.7. The second-order valence-corrected chi connectivity index (χ2v) is 9.90. The number of benzene rings is 2. The van der Waals surface area contributed by atoms with E-state index in [1.165, 1.54) is 5.70 Å². The standard InChI is InChI=1S/C26H22Cl2N2O4/c27-20-2-1-3-21(28)23(20)24-19(25(34-29-24)14-4-5-14)13-33-22-11-18-10-16(22)12-30(18)17-8-6-15(7-9-17)26(31)32/h1-3,6-10,14,16,22H,4-5,11-13H2,(H,31,32)/t16-,22?/m0/s1. The van der Waals surface area contributed by atoms with E-state index in [2.05, 4.69) is 16.1 Å². The van der Waals surface area contributed by atoms with Gasteiger partial charge in [0.05, 0.1) is 28.3 Å². The maximum Gasteiger partial charge on any atom is 0.335 e. The van der Waals surface area contributed by atoms with E-state index in [1.807, 2.05) is 18.2 Å². The Morgan fingerprint density at radius 1 is 1.15 bits per heavy atom. The number of ether oxygens (including phenoxy) is 1. The van der Waals surface area contributed by atoms with Gasteiger partial charge in [-0.05, 0) is 49.2 Å². The number of hydrogen-bond donors (Lipinski definition) is 1. The topological polar surface area (TPSA) is 75.8 Å². The van der Waals surface area contributed by atoms with Crippen LogP contribution in [0.3, 0.4) is 0 Å². The van der Waals surface area contributed by atoms with Crippen LogP contribution in [0.1, 0.15) is 46.9 Å². The number of carbonyl (C=O) groups is 1. The van der Waals surface area contributed by atoms with Crippen LogP contribution in [-0.4, -0.2) is 28.9 Å². The van der Waals surface area contributed by atoms with Crippen LogP contribution in [0, 0.1) is 5.92 Å². The lowest BCUT2D eigenvalue weighted by atomic mass is 10.0. The molecule has 3 aromatic rings. The monoisotopic (exact) mass is 496 g/mol. The van der Waals surface area contributed by atoms with Gasteiger partial charge in [0.1, 0.15) is 11.5 Å². The fourth-order valence-electron chi connectivity index (χ4n) is 4.95. The Bertz CT molecular complexity index is 1280. The molecule has 0 radical (unpaired) electrons. The van der Waals surface area contributed by atoms with Gasteiger partial charge in [-0.2, -0.15) is 0 Å². The SMILES string of the molecule is O=C(O)c1ccc(N2C[C@@H]3C=C2CC3OCc2c(-c3c(Cl)cccc3Cl)noc2C2CC2)cc1. The van der Waals surface area contributed by atoms with Crippen LogP contribution in [-0.2, 0) is 11.3 Å². The molecule has 34 heavy (non-hydrogen) atoms. The van der Waals surface area contributed by atoms with Gasteiger partial charge < -0.3 is 19.3 Å². The van der Waals surface area contributed by atoms with E-state index in [-0.39, 0.29) is 17.6 Å². The molecule has 6 nitrogen and oxygen atoms in total. The van der Waals surface area contributed by atoms with Gasteiger partial charge in [-0.1, -0.05) is 40.5 Å². The van der Waals surface area contributed by atoms with E-state index in [1.54, 1.807) is 24.3 Å². The molecule has 8 heteroatoms. The van der Waals surface area contributed by atoms with Crippen LogP contribution in [0.25, 0.3) is 11.3 Å². The van der Waals surface area contributed by atoms with Gasteiger partial charge in [0.15, 0.2) is 0 Å². The molecule has 2 aromatic carbocycles. The van der Waals surface area contributed by atoms with E-state index in [0.717, 1.165) is 42.8 Å². The van der Waals surface area contributed by atoms with Crippen LogP contribution in [0.2, 0.25) is 10.0 Å². The Hall–Kier alpha value is -2.80. The molecule has 6 rings (SSSR count). The lowest BCUT2D eigenvalue weighted by molar-refractivity contribution is 0.0181. The summed E-state index contributed by atoms with van der Waals surface area (Å²) in [6, 6.07) is 12.4. The van der Waals surface area contributed by atoms with Crippen molar-refractivity contribution >= 4 is 34.9 Å². The van der Waals surface area contributed by atoms with Crippen molar-refractivity contribution < 1.29 is 19.2 Å². The van der Waals surface area contributed by atoms with Gasteiger partial charge in [0.2, 0.25) is 0 Å². The molecule has 0 saturated heterocycles. The van der Waals surface area contributed by atoms with Crippen LogP contribution >= 0.6 is 23.2 Å². The lowest BCUT2D eigenvalue weighted by Gasteiger charge is -2.32. The Morgan fingerprint density at radius 2 is 1.88 bits per heavy atom. The van der Waals surface area contributed by atoms with Gasteiger partial charge >= 0.3 is 5.97 Å². The second kappa shape index (κ2) is 8.45. The molecular weight excluding hydrogens is 475 g/mol. The highest BCUT2D eigenvalue weighted by atomic mass is 35.5. The number of carboxylic acids is 1. The Labute approximate surface area is 206 Å². The molecular formula is C26H22Cl2N2O4. The largest absolute Gasteiger partial charge is 0.478 e. The van der Waals surface area contributed by atoms with Crippen molar-refractivity contribution in [3.8, 4) is 11.3 Å². The van der Waals surface area contributed by atoms with Crippen LogP contribution in [0.15, 0.2) is 58.8 Å². The first-order chi connectivity index (χ1) is 16.5. The number of carboxylic acid groups (broad SMARTS) is 1. The maximum atomic E-state index is 11.1. The van der Waals surface area contributed by atoms with Crippen molar-refractivity contribution in [1.29, 1.82) is 0 Å². The van der Waals surface area contributed by atoms with Crippen molar-refractivity contribution in [1.82, 2.24) is 5.16 Å². The van der Waals surface area contributed by atoms with Gasteiger partial charge in [-0.25, -0.2) is 4.79 Å². The summed E-state index contributed by atoms with van der Waals surface area (Å²) in [5, 5.41) is 14.6. The molecule has 1 fully saturated rings. The first-order valence-electron chi connectivity index (χ1n) is 11.4. The number of anilines is 1. The lowest BCUT2D eigenvalue weighted by Crippen LogP contribution is -2.35. The summed E-state index contributed by atoms with van der Waals surface area (Å²) < 4.78 is 12.2. The number of halogens is 2. The van der Waals surface area contributed by atoms with Crippen LogP contribution < -0.4 is 4.90 Å². The summed E-state index contributed by atoms with van der Waals surface area (Å²) in [6.07, 6.45) is 5.31. The fourth-order valence-corrected chi connectivity index (χ4v) is 5.53. The number of hydrogen-bond acceptors (Lipinski definition) is 5. The summed E-state index contributed by atoms with van der Waals surface area (Å²) in [7, 11) is 0. The van der Waals surface area contributed by atoms with Crippen molar-refractivity contribution in [2.24, 2.45) is 5.92 Å². The van der Waals surface area contributed by atoms with E-state index < -0.39 is 5.97 Å². The molecule has 1 aromatic heterocycles. The first kappa shape index (κ1) is 21.7. The van der Waals surface area contributed by atoms with Crippen molar-refractivity contribution in [2.75, 3.05) is 11.4 Å². The number of fused-ring (bicyclic) bond motifs is 1. The minimum atomic E-state index is -0.918. The highest BCUT2D eigenvalue weighted by Gasteiger charge is 2.40. The molecule has 0 spiro atoms.